The van der Waals surface area contributed by atoms with E-state index in [1.54, 1.807) is 7.05 Å². The molecule has 1 atom stereocenters. The standard InChI is InChI=1S/C12H13F3N2O/c1-3-11(17(2)8-16)18-10-6-4-9(5-7-10)12(13,14)15/h4-7,11H,3H2,1-2H3. The second kappa shape index (κ2) is 5.63. The van der Waals surface area contributed by atoms with Crippen LogP contribution in [-0.4, -0.2) is 18.2 Å². The number of hydrogen-bond acceptors (Lipinski definition) is 3. The fourth-order valence-corrected chi connectivity index (χ4v) is 1.38. The minimum Gasteiger partial charge on any atom is -0.470 e. The molecule has 0 radical (unpaired) electrons. The van der Waals surface area contributed by atoms with Gasteiger partial charge in [-0.1, -0.05) is 6.92 Å². The Kier molecular flexibility index (Phi) is 4.43. The van der Waals surface area contributed by atoms with Gasteiger partial charge in [-0.05, 0) is 24.3 Å². The molecule has 3 nitrogen and oxygen atoms in total. The van der Waals surface area contributed by atoms with Crippen molar-refractivity contribution in [1.82, 2.24) is 4.90 Å². The minimum absolute atomic E-state index is 0.303. The molecule has 1 rings (SSSR count). The van der Waals surface area contributed by atoms with E-state index in [0.29, 0.717) is 12.2 Å². The van der Waals surface area contributed by atoms with E-state index in [0.717, 1.165) is 12.1 Å². The second-order valence-electron chi connectivity index (χ2n) is 3.71. The predicted octanol–water partition coefficient (Wildman–Crippen LogP) is 3.23. The summed E-state index contributed by atoms with van der Waals surface area (Å²) in [4.78, 5) is 1.30. The first kappa shape index (κ1) is 14.2. The van der Waals surface area contributed by atoms with Crippen molar-refractivity contribution in [3.05, 3.63) is 29.8 Å². The van der Waals surface area contributed by atoms with Crippen LogP contribution in [0.25, 0.3) is 0 Å². The number of hydrogen-bond donors (Lipinski definition) is 0. The van der Waals surface area contributed by atoms with Crippen LogP contribution in [0.4, 0.5) is 13.2 Å². The highest BCUT2D eigenvalue weighted by molar-refractivity contribution is 5.29. The van der Waals surface area contributed by atoms with Crippen molar-refractivity contribution in [3.63, 3.8) is 0 Å². The summed E-state index contributed by atoms with van der Waals surface area (Å²) in [5.74, 6) is 0.303. The van der Waals surface area contributed by atoms with Crippen molar-refractivity contribution in [1.29, 1.82) is 5.26 Å². The molecule has 1 aromatic rings. The Labute approximate surface area is 103 Å². The zero-order valence-corrected chi connectivity index (χ0v) is 10.0. The number of benzene rings is 1. The van der Waals surface area contributed by atoms with Gasteiger partial charge in [-0.25, -0.2) is 0 Å². The molecule has 0 aliphatic heterocycles. The predicted molar refractivity (Wildman–Crippen MR) is 59.5 cm³/mol. The Morgan fingerprint density at radius 1 is 1.33 bits per heavy atom. The number of halogens is 3. The number of rotatable bonds is 4. The maximum atomic E-state index is 12.3. The number of nitrogens with zero attached hydrogens (tertiary/aromatic N) is 2. The molecule has 0 N–H and O–H groups in total. The summed E-state index contributed by atoms with van der Waals surface area (Å²) in [7, 11) is 1.55. The molecule has 1 aromatic carbocycles. The zero-order valence-electron chi connectivity index (χ0n) is 10.0. The molecule has 6 heteroatoms. The van der Waals surface area contributed by atoms with Crippen LogP contribution in [0.1, 0.15) is 18.9 Å². The lowest BCUT2D eigenvalue weighted by molar-refractivity contribution is -0.137. The summed E-state index contributed by atoms with van der Waals surface area (Å²) in [5, 5.41) is 8.71. The van der Waals surface area contributed by atoms with Gasteiger partial charge in [0.1, 0.15) is 5.75 Å². The Morgan fingerprint density at radius 3 is 2.28 bits per heavy atom. The van der Waals surface area contributed by atoms with E-state index in [4.69, 9.17) is 10.00 Å². The highest BCUT2D eigenvalue weighted by atomic mass is 19.4. The van der Waals surface area contributed by atoms with Gasteiger partial charge in [0.25, 0.3) is 0 Å². The van der Waals surface area contributed by atoms with Crippen molar-refractivity contribution in [2.75, 3.05) is 7.05 Å². The number of ether oxygens (including phenoxy) is 1. The van der Waals surface area contributed by atoms with E-state index in [9.17, 15) is 13.2 Å². The van der Waals surface area contributed by atoms with Gasteiger partial charge in [0.15, 0.2) is 12.4 Å². The fraction of sp³-hybridized carbons (Fsp3) is 0.417. The van der Waals surface area contributed by atoms with Crippen molar-refractivity contribution < 1.29 is 17.9 Å². The van der Waals surface area contributed by atoms with Gasteiger partial charge in [0, 0.05) is 13.5 Å². The van der Waals surface area contributed by atoms with Crippen LogP contribution < -0.4 is 4.74 Å². The number of nitriles is 1. The van der Waals surface area contributed by atoms with Crippen molar-refractivity contribution in [3.8, 4) is 11.9 Å². The normalized spacial score (nSPS) is 12.7. The van der Waals surface area contributed by atoms with Crippen LogP contribution in [-0.2, 0) is 6.18 Å². The fourth-order valence-electron chi connectivity index (χ4n) is 1.38. The molecule has 0 heterocycles. The zero-order chi connectivity index (χ0) is 13.8. The molecular weight excluding hydrogens is 245 g/mol. The molecule has 0 aliphatic carbocycles. The maximum absolute atomic E-state index is 12.3. The quantitative estimate of drug-likeness (QED) is 0.472. The first-order chi connectivity index (χ1) is 8.38. The smallest absolute Gasteiger partial charge is 0.416 e. The first-order valence-electron chi connectivity index (χ1n) is 5.35. The van der Waals surface area contributed by atoms with Gasteiger partial charge in [0.05, 0.1) is 5.56 Å². The summed E-state index contributed by atoms with van der Waals surface area (Å²) < 4.78 is 42.4. The topological polar surface area (TPSA) is 36.3 Å². The van der Waals surface area contributed by atoms with E-state index < -0.39 is 18.0 Å². The summed E-state index contributed by atoms with van der Waals surface area (Å²) in [5.41, 5.74) is -0.725. The van der Waals surface area contributed by atoms with E-state index in [2.05, 4.69) is 0 Å². The van der Waals surface area contributed by atoms with E-state index in [-0.39, 0.29) is 0 Å². The SMILES string of the molecule is CCC(Oc1ccc(C(F)(F)F)cc1)N(C)C#N. The molecule has 1 unspecified atom stereocenters. The van der Waals surface area contributed by atoms with Crippen LogP contribution in [0.15, 0.2) is 24.3 Å². The molecule has 98 valence electrons. The second-order valence-corrected chi connectivity index (χ2v) is 3.71. The Balaban J connectivity index is 2.78. The van der Waals surface area contributed by atoms with E-state index in [1.165, 1.54) is 17.0 Å². The third-order valence-electron chi connectivity index (χ3n) is 2.39. The van der Waals surface area contributed by atoms with Gasteiger partial charge in [0.2, 0.25) is 0 Å². The molecule has 0 spiro atoms. The molecule has 0 fully saturated rings. The summed E-state index contributed by atoms with van der Waals surface area (Å²) >= 11 is 0. The minimum atomic E-state index is -4.36. The van der Waals surface area contributed by atoms with Crippen molar-refractivity contribution >= 4 is 0 Å². The molecule has 0 aromatic heterocycles. The van der Waals surface area contributed by atoms with Gasteiger partial charge in [-0.15, -0.1) is 0 Å². The molecule has 0 saturated carbocycles. The molecular formula is C12H13F3N2O. The molecule has 18 heavy (non-hydrogen) atoms. The lowest BCUT2D eigenvalue weighted by Crippen LogP contribution is -2.32. The Morgan fingerprint density at radius 2 is 1.89 bits per heavy atom. The maximum Gasteiger partial charge on any atom is 0.416 e. The molecule has 0 saturated heterocycles. The van der Waals surface area contributed by atoms with Gasteiger partial charge in [-0.3, -0.25) is 4.90 Å². The van der Waals surface area contributed by atoms with E-state index in [1.807, 2.05) is 13.1 Å². The summed E-state index contributed by atoms with van der Waals surface area (Å²) in [6.45, 7) is 1.82. The highest BCUT2D eigenvalue weighted by Gasteiger charge is 2.30. The Hall–Kier alpha value is -1.90. The van der Waals surface area contributed by atoms with Crippen LogP contribution >= 0.6 is 0 Å². The van der Waals surface area contributed by atoms with Crippen LogP contribution in [0.5, 0.6) is 5.75 Å². The molecule has 0 amide bonds. The summed E-state index contributed by atoms with van der Waals surface area (Å²) in [6, 6.07) is 4.40. The average molecular weight is 258 g/mol. The molecule has 0 aliphatic rings. The van der Waals surface area contributed by atoms with Crippen LogP contribution in [0, 0.1) is 11.5 Å². The lowest BCUT2D eigenvalue weighted by Gasteiger charge is -2.23. The number of alkyl halides is 3. The van der Waals surface area contributed by atoms with Crippen LogP contribution in [0.3, 0.4) is 0 Å². The first-order valence-corrected chi connectivity index (χ1v) is 5.35. The van der Waals surface area contributed by atoms with Crippen molar-refractivity contribution in [2.45, 2.75) is 25.7 Å². The summed E-state index contributed by atoms with van der Waals surface area (Å²) in [6.07, 6.45) is -2.39. The van der Waals surface area contributed by atoms with Crippen LogP contribution in [0.2, 0.25) is 0 Å². The van der Waals surface area contributed by atoms with E-state index >= 15 is 0 Å². The largest absolute Gasteiger partial charge is 0.470 e. The van der Waals surface area contributed by atoms with Gasteiger partial charge in [-0.2, -0.15) is 18.4 Å². The van der Waals surface area contributed by atoms with Gasteiger partial charge >= 0.3 is 6.18 Å². The third kappa shape index (κ3) is 3.55. The van der Waals surface area contributed by atoms with Crippen molar-refractivity contribution in [2.24, 2.45) is 0 Å². The Bertz CT molecular complexity index is 422. The average Bonchev–Trinajstić information content (AvgIpc) is 2.34. The molecule has 0 bridgehead atoms. The third-order valence-corrected chi connectivity index (χ3v) is 2.39. The monoisotopic (exact) mass is 258 g/mol. The lowest BCUT2D eigenvalue weighted by atomic mass is 10.2. The highest BCUT2D eigenvalue weighted by Crippen LogP contribution is 2.30. The van der Waals surface area contributed by atoms with Gasteiger partial charge < -0.3 is 4.74 Å².